The van der Waals surface area contributed by atoms with Crippen LogP contribution in [0.15, 0.2) is 46.9 Å². The van der Waals surface area contributed by atoms with E-state index in [0.29, 0.717) is 22.8 Å². The van der Waals surface area contributed by atoms with Crippen LogP contribution in [0.5, 0.6) is 0 Å². The lowest BCUT2D eigenvalue weighted by molar-refractivity contribution is 0.0931. The molecular weight excluding hydrogens is 546 g/mol. The Morgan fingerprint density at radius 3 is 2.88 bits per heavy atom. The topological polar surface area (TPSA) is 185 Å². The summed E-state index contributed by atoms with van der Waals surface area (Å²) >= 11 is 5.33. The Bertz CT molecular complexity index is 2030. The van der Waals surface area contributed by atoms with Gasteiger partial charge in [-0.3, -0.25) is 9.59 Å². The first-order chi connectivity index (χ1) is 19.9. The Labute approximate surface area is 235 Å². The smallest absolute Gasteiger partial charge is 0.270 e. The molecule has 1 aliphatic carbocycles. The summed E-state index contributed by atoms with van der Waals surface area (Å²) in [5, 5.41) is 26.8. The molecule has 0 saturated heterocycles. The standard InChI is InChI=1S/C26H21N11O3S/c1-12-28-18-8-13(2-7-21(18)40-12)11-27-24(39)20-10-19(30-25-33-34-26(41)37(20)25)23(38)29-17-6-4-14-9-15(3-5-16(14)17)22-31-35-36-32-22/h2-3,5,7-10,17H,4,6,11H2,1H3,(H,27,39)(H,29,38)(H,34,41)(H,31,32,35,36)/t17-/m0/s1. The molecule has 6 aromatic rings. The van der Waals surface area contributed by atoms with E-state index in [2.05, 4.69) is 51.4 Å². The molecule has 0 aliphatic heterocycles. The van der Waals surface area contributed by atoms with Gasteiger partial charge in [0.15, 0.2) is 11.5 Å². The van der Waals surface area contributed by atoms with Gasteiger partial charge in [0.1, 0.15) is 16.9 Å². The molecule has 14 nitrogen and oxygen atoms in total. The van der Waals surface area contributed by atoms with E-state index in [1.165, 1.54) is 10.5 Å². The van der Waals surface area contributed by atoms with E-state index in [0.717, 1.165) is 35.1 Å². The lowest BCUT2D eigenvalue weighted by atomic mass is 10.0. The molecule has 4 N–H and O–H groups in total. The highest BCUT2D eigenvalue weighted by atomic mass is 32.1. The van der Waals surface area contributed by atoms with Crippen molar-refractivity contribution in [3.8, 4) is 11.4 Å². The zero-order valence-corrected chi connectivity index (χ0v) is 22.3. The van der Waals surface area contributed by atoms with Gasteiger partial charge in [0.25, 0.3) is 17.6 Å². The lowest BCUT2D eigenvalue weighted by Crippen LogP contribution is -2.30. The number of tetrazole rings is 1. The molecule has 204 valence electrons. The normalized spacial score (nSPS) is 14.4. The summed E-state index contributed by atoms with van der Waals surface area (Å²) < 4.78 is 7.10. The van der Waals surface area contributed by atoms with Gasteiger partial charge in [-0.1, -0.05) is 18.2 Å². The van der Waals surface area contributed by atoms with Gasteiger partial charge in [-0.15, -0.1) is 15.3 Å². The largest absolute Gasteiger partial charge is 0.441 e. The van der Waals surface area contributed by atoms with Gasteiger partial charge < -0.3 is 15.1 Å². The van der Waals surface area contributed by atoms with E-state index in [9.17, 15) is 9.59 Å². The monoisotopic (exact) mass is 567 g/mol. The Kier molecular flexibility index (Phi) is 5.85. The molecule has 4 aromatic heterocycles. The summed E-state index contributed by atoms with van der Waals surface area (Å²) in [7, 11) is 0. The van der Waals surface area contributed by atoms with Crippen molar-refractivity contribution in [1.82, 2.24) is 55.8 Å². The molecule has 1 atom stereocenters. The summed E-state index contributed by atoms with van der Waals surface area (Å²) in [6.45, 7) is 2.00. The quantitative estimate of drug-likeness (QED) is 0.218. The van der Waals surface area contributed by atoms with Crippen LogP contribution in [0, 0.1) is 11.7 Å². The number of hydrogen-bond donors (Lipinski definition) is 4. The van der Waals surface area contributed by atoms with Crippen LogP contribution in [-0.2, 0) is 13.0 Å². The lowest BCUT2D eigenvalue weighted by Gasteiger charge is -2.15. The van der Waals surface area contributed by atoms with E-state index >= 15 is 0 Å². The van der Waals surface area contributed by atoms with E-state index in [-0.39, 0.29) is 34.5 Å². The molecule has 0 unspecified atom stereocenters. The van der Waals surface area contributed by atoms with Gasteiger partial charge in [-0.05, 0) is 71.2 Å². The van der Waals surface area contributed by atoms with Gasteiger partial charge in [0, 0.05) is 19.0 Å². The third kappa shape index (κ3) is 4.51. The number of nitrogens with one attached hydrogen (secondary N) is 4. The molecule has 0 saturated carbocycles. The van der Waals surface area contributed by atoms with Crippen LogP contribution in [0.4, 0.5) is 0 Å². The molecule has 41 heavy (non-hydrogen) atoms. The first-order valence-corrected chi connectivity index (χ1v) is 13.1. The van der Waals surface area contributed by atoms with Crippen LogP contribution in [0.3, 0.4) is 0 Å². The minimum atomic E-state index is -0.444. The van der Waals surface area contributed by atoms with Gasteiger partial charge in [0.05, 0.1) is 6.04 Å². The number of hydrogen-bond acceptors (Lipinski definition) is 10. The molecule has 0 radical (unpaired) electrons. The van der Waals surface area contributed by atoms with Crippen LogP contribution in [0.25, 0.3) is 28.3 Å². The fourth-order valence-corrected chi connectivity index (χ4v) is 5.32. The van der Waals surface area contributed by atoms with Gasteiger partial charge in [-0.2, -0.15) is 5.21 Å². The zero-order chi connectivity index (χ0) is 28.1. The maximum atomic E-state index is 13.4. The molecule has 4 heterocycles. The molecule has 0 spiro atoms. The van der Waals surface area contributed by atoms with Gasteiger partial charge in [0.2, 0.25) is 10.6 Å². The highest BCUT2D eigenvalue weighted by Gasteiger charge is 2.27. The number of H-pyrrole nitrogens is 2. The van der Waals surface area contributed by atoms with E-state index in [1.807, 2.05) is 36.4 Å². The van der Waals surface area contributed by atoms with Crippen molar-refractivity contribution in [2.24, 2.45) is 0 Å². The molecule has 0 fully saturated rings. The van der Waals surface area contributed by atoms with Crippen molar-refractivity contribution in [3.05, 3.63) is 81.2 Å². The summed E-state index contributed by atoms with van der Waals surface area (Å²) in [5.74, 6) is 0.317. The molecule has 15 heteroatoms. The Morgan fingerprint density at radius 1 is 1.12 bits per heavy atom. The van der Waals surface area contributed by atoms with Crippen LogP contribution < -0.4 is 10.6 Å². The summed E-state index contributed by atoms with van der Waals surface area (Å²) in [6, 6.07) is 12.6. The maximum Gasteiger partial charge on any atom is 0.270 e. The summed E-state index contributed by atoms with van der Waals surface area (Å²) in [5.41, 5.74) is 5.34. The maximum absolute atomic E-state index is 13.4. The minimum Gasteiger partial charge on any atom is -0.441 e. The second-order valence-corrected chi connectivity index (χ2v) is 10.0. The molecule has 1 aliphatic rings. The first kappa shape index (κ1) is 24.7. The highest BCUT2D eigenvalue weighted by Crippen LogP contribution is 2.33. The summed E-state index contributed by atoms with van der Waals surface area (Å²) in [4.78, 5) is 35.4. The molecule has 7 rings (SSSR count). The SMILES string of the molecule is Cc1nc2cc(CNC(=O)c3cc(C(=O)N[C@H]4CCc5cc(-c6nn[nH]n6)ccc54)nc4n[nH]c(=S)n34)ccc2o1. The first-order valence-electron chi connectivity index (χ1n) is 12.7. The van der Waals surface area contributed by atoms with Gasteiger partial charge >= 0.3 is 0 Å². The van der Waals surface area contributed by atoms with Crippen molar-refractivity contribution in [2.45, 2.75) is 32.4 Å². The second kappa shape index (κ2) is 9.71. The average Bonchev–Trinajstić information content (AvgIpc) is 3.78. The third-order valence-corrected chi connectivity index (χ3v) is 7.27. The number of oxazole rings is 1. The Balaban J connectivity index is 1.12. The van der Waals surface area contributed by atoms with Crippen molar-refractivity contribution < 1.29 is 14.0 Å². The van der Waals surface area contributed by atoms with Gasteiger partial charge in [-0.25, -0.2) is 19.5 Å². The predicted octanol–water partition coefficient (Wildman–Crippen LogP) is 2.76. The van der Waals surface area contributed by atoms with Crippen LogP contribution in [-0.4, -0.2) is 57.0 Å². The number of aromatic amines is 2. The highest BCUT2D eigenvalue weighted by molar-refractivity contribution is 7.71. The molecule has 2 amide bonds. The predicted molar refractivity (Wildman–Crippen MR) is 146 cm³/mol. The number of nitrogens with zero attached hydrogens (tertiary/aromatic N) is 7. The number of fused-ring (bicyclic) bond motifs is 3. The van der Waals surface area contributed by atoms with E-state index < -0.39 is 11.8 Å². The van der Waals surface area contributed by atoms with E-state index in [1.54, 1.807) is 6.92 Å². The third-order valence-electron chi connectivity index (χ3n) is 7.00. The van der Waals surface area contributed by atoms with Crippen molar-refractivity contribution >= 4 is 40.9 Å². The second-order valence-electron chi connectivity index (χ2n) is 9.62. The Morgan fingerprint density at radius 2 is 2.02 bits per heavy atom. The van der Waals surface area contributed by atoms with Crippen LogP contribution >= 0.6 is 12.2 Å². The molecule has 0 bridgehead atoms. The number of benzene rings is 2. The van der Waals surface area contributed by atoms with Crippen molar-refractivity contribution in [2.75, 3.05) is 0 Å². The number of aromatic nitrogens is 9. The number of aryl methyl sites for hydroxylation is 2. The van der Waals surface area contributed by atoms with Crippen LogP contribution in [0.2, 0.25) is 0 Å². The number of carbonyl (C=O) groups excluding carboxylic acids is 2. The van der Waals surface area contributed by atoms with Crippen LogP contribution in [0.1, 0.15) is 56.0 Å². The fraction of sp³-hybridized carbons (Fsp3) is 0.192. The molecule has 2 aromatic carbocycles. The van der Waals surface area contributed by atoms with E-state index in [4.69, 9.17) is 16.6 Å². The zero-order valence-electron chi connectivity index (χ0n) is 21.5. The molecular formula is C26H21N11O3S. The number of amides is 2. The van der Waals surface area contributed by atoms with Crippen molar-refractivity contribution in [3.63, 3.8) is 0 Å². The number of rotatable bonds is 6. The average molecular weight is 568 g/mol. The summed E-state index contributed by atoms with van der Waals surface area (Å²) in [6.07, 6.45) is 1.50. The Hall–Kier alpha value is -5.31. The fourth-order valence-electron chi connectivity index (χ4n) is 5.09. The van der Waals surface area contributed by atoms with Crippen molar-refractivity contribution in [1.29, 1.82) is 0 Å². The minimum absolute atomic E-state index is 0.0491. The number of carbonyl (C=O) groups is 2.